The van der Waals surface area contributed by atoms with Gasteiger partial charge in [0, 0.05) is 25.3 Å². The number of anilines is 3. The van der Waals surface area contributed by atoms with Gasteiger partial charge in [0.15, 0.2) is 0 Å². The number of amides is 2. The summed E-state index contributed by atoms with van der Waals surface area (Å²) in [4.78, 5) is 25.4. The van der Waals surface area contributed by atoms with E-state index in [1.165, 1.54) is 6.92 Å². The number of hydrogen-bond donors (Lipinski definition) is 2. The Morgan fingerprint density at radius 2 is 1.77 bits per heavy atom. The van der Waals surface area contributed by atoms with E-state index in [9.17, 15) is 9.59 Å². The summed E-state index contributed by atoms with van der Waals surface area (Å²) in [6.45, 7) is 5.73. The molecule has 0 aliphatic carbocycles. The largest absolute Gasteiger partial charge is 0.492 e. The Kier molecular flexibility index (Phi) is 6.60. The van der Waals surface area contributed by atoms with Crippen molar-refractivity contribution in [3.05, 3.63) is 48.5 Å². The van der Waals surface area contributed by atoms with Gasteiger partial charge in [-0.15, -0.1) is 0 Å². The highest BCUT2D eigenvalue weighted by atomic mass is 16.5. The average Bonchev–Trinajstić information content (AvgIpc) is 2.63. The lowest BCUT2D eigenvalue weighted by Crippen LogP contribution is -2.32. The number of benzene rings is 2. The van der Waals surface area contributed by atoms with Crippen molar-refractivity contribution in [3.8, 4) is 5.75 Å². The molecule has 0 radical (unpaired) electrons. The fourth-order valence-electron chi connectivity index (χ4n) is 2.37. The Morgan fingerprint density at radius 3 is 2.38 bits per heavy atom. The number of carbonyl (C=O) groups is 2. The van der Waals surface area contributed by atoms with Crippen molar-refractivity contribution in [2.75, 3.05) is 29.2 Å². The molecule has 0 aromatic heterocycles. The third-order valence-electron chi connectivity index (χ3n) is 3.95. The first kappa shape index (κ1) is 19.3. The van der Waals surface area contributed by atoms with Crippen LogP contribution in [0.4, 0.5) is 17.1 Å². The minimum Gasteiger partial charge on any atom is -0.492 e. The second-order valence-corrected chi connectivity index (χ2v) is 5.91. The van der Waals surface area contributed by atoms with Gasteiger partial charge in [-0.3, -0.25) is 9.59 Å². The number of para-hydroxylation sites is 2. The molecular formula is C20H25N3O3. The number of carbonyl (C=O) groups excluding carboxylic acids is 2. The lowest BCUT2D eigenvalue weighted by Gasteiger charge is -2.18. The van der Waals surface area contributed by atoms with E-state index in [0.717, 1.165) is 11.4 Å². The summed E-state index contributed by atoms with van der Waals surface area (Å²) in [5.74, 6) is 0.445. The summed E-state index contributed by atoms with van der Waals surface area (Å²) in [6.07, 6.45) is 0. The summed E-state index contributed by atoms with van der Waals surface area (Å²) in [5.41, 5.74) is 2.24. The average molecular weight is 355 g/mol. The van der Waals surface area contributed by atoms with E-state index < -0.39 is 6.04 Å². The molecule has 2 N–H and O–H groups in total. The smallest absolute Gasteiger partial charge is 0.246 e. The molecule has 6 nitrogen and oxygen atoms in total. The maximum absolute atomic E-state index is 12.5. The standard InChI is InChI=1S/C20H25N3O3/c1-5-26-19-9-7-6-8-18(19)22-20(25)14(2)21-16-10-12-17(13-11-16)23(4)15(3)24/h6-14,21H,5H2,1-4H3,(H,22,25). The van der Waals surface area contributed by atoms with E-state index >= 15 is 0 Å². The number of hydrogen-bond acceptors (Lipinski definition) is 4. The molecule has 0 aliphatic heterocycles. The predicted octanol–water partition coefficient (Wildman–Crippen LogP) is 3.51. The molecule has 0 saturated carbocycles. The zero-order valence-corrected chi connectivity index (χ0v) is 15.6. The number of nitrogens with one attached hydrogen (secondary N) is 2. The van der Waals surface area contributed by atoms with Gasteiger partial charge in [0.2, 0.25) is 11.8 Å². The molecule has 2 aromatic carbocycles. The third kappa shape index (κ3) is 4.99. The molecule has 2 amide bonds. The SMILES string of the molecule is CCOc1ccccc1NC(=O)C(C)Nc1ccc(N(C)C(C)=O)cc1. The quantitative estimate of drug-likeness (QED) is 0.797. The lowest BCUT2D eigenvalue weighted by atomic mass is 10.2. The minimum atomic E-state index is -0.443. The Bertz CT molecular complexity index is 759. The Hall–Kier alpha value is -3.02. The first-order chi connectivity index (χ1) is 12.4. The van der Waals surface area contributed by atoms with Crippen molar-refractivity contribution in [3.63, 3.8) is 0 Å². The van der Waals surface area contributed by atoms with E-state index in [4.69, 9.17) is 4.74 Å². The van der Waals surface area contributed by atoms with Crippen LogP contribution in [0.1, 0.15) is 20.8 Å². The van der Waals surface area contributed by atoms with Crippen LogP contribution < -0.4 is 20.3 Å². The van der Waals surface area contributed by atoms with Crippen LogP contribution in [0.5, 0.6) is 5.75 Å². The lowest BCUT2D eigenvalue weighted by molar-refractivity contribution is -0.117. The van der Waals surface area contributed by atoms with Gasteiger partial charge in [-0.05, 0) is 50.2 Å². The molecule has 26 heavy (non-hydrogen) atoms. The molecule has 0 aliphatic rings. The molecule has 6 heteroatoms. The van der Waals surface area contributed by atoms with Crippen LogP contribution in [-0.2, 0) is 9.59 Å². The molecule has 0 saturated heterocycles. The van der Waals surface area contributed by atoms with Gasteiger partial charge in [-0.1, -0.05) is 12.1 Å². The fraction of sp³-hybridized carbons (Fsp3) is 0.300. The highest BCUT2D eigenvalue weighted by Gasteiger charge is 2.15. The maximum atomic E-state index is 12.5. The third-order valence-corrected chi connectivity index (χ3v) is 3.95. The van der Waals surface area contributed by atoms with E-state index in [-0.39, 0.29) is 11.8 Å². The highest BCUT2D eigenvalue weighted by molar-refractivity contribution is 5.97. The monoisotopic (exact) mass is 355 g/mol. The second kappa shape index (κ2) is 8.89. The molecule has 1 atom stereocenters. The molecule has 138 valence electrons. The normalized spacial score (nSPS) is 11.4. The summed E-state index contributed by atoms with van der Waals surface area (Å²) in [5, 5.41) is 6.03. The van der Waals surface area contributed by atoms with Gasteiger partial charge in [-0.25, -0.2) is 0 Å². The molecule has 0 fully saturated rings. The topological polar surface area (TPSA) is 70.7 Å². The van der Waals surface area contributed by atoms with Crippen molar-refractivity contribution in [1.29, 1.82) is 0 Å². The molecule has 0 spiro atoms. The summed E-state index contributed by atoms with van der Waals surface area (Å²) < 4.78 is 5.52. The Morgan fingerprint density at radius 1 is 1.12 bits per heavy atom. The van der Waals surface area contributed by atoms with E-state index in [2.05, 4.69) is 10.6 Å². The fourth-order valence-corrected chi connectivity index (χ4v) is 2.37. The van der Waals surface area contributed by atoms with Crippen LogP contribution in [0.3, 0.4) is 0 Å². The second-order valence-electron chi connectivity index (χ2n) is 5.91. The van der Waals surface area contributed by atoms with Gasteiger partial charge in [0.25, 0.3) is 0 Å². The van der Waals surface area contributed by atoms with Crippen molar-refractivity contribution < 1.29 is 14.3 Å². The van der Waals surface area contributed by atoms with Gasteiger partial charge in [-0.2, -0.15) is 0 Å². The number of rotatable bonds is 7. The summed E-state index contributed by atoms with van der Waals surface area (Å²) >= 11 is 0. The van der Waals surface area contributed by atoms with Crippen molar-refractivity contribution in [2.24, 2.45) is 0 Å². The van der Waals surface area contributed by atoms with Crippen LogP contribution in [0.25, 0.3) is 0 Å². The van der Waals surface area contributed by atoms with E-state index in [1.54, 1.807) is 18.9 Å². The zero-order chi connectivity index (χ0) is 19.1. The van der Waals surface area contributed by atoms with Crippen LogP contribution >= 0.6 is 0 Å². The van der Waals surface area contributed by atoms with E-state index in [1.807, 2.05) is 55.5 Å². The Balaban J connectivity index is 2.00. The highest BCUT2D eigenvalue weighted by Crippen LogP contribution is 2.24. The summed E-state index contributed by atoms with van der Waals surface area (Å²) in [6, 6.07) is 14.2. The molecule has 1 unspecified atom stereocenters. The molecule has 0 heterocycles. The first-order valence-corrected chi connectivity index (χ1v) is 8.56. The molecule has 2 rings (SSSR count). The molecular weight excluding hydrogens is 330 g/mol. The number of nitrogens with zero attached hydrogens (tertiary/aromatic N) is 1. The van der Waals surface area contributed by atoms with Crippen LogP contribution in [-0.4, -0.2) is 31.5 Å². The summed E-state index contributed by atoms with van der Waals surface area (Å²) in [7, 11) is 1.72. The van der Waals surface area contributed by atoms with E-state index in [0.29, 0.717) is 18.0 Å². The Labute approximate surface area is 154 Å². The van der Waals surface area contributed by atoms with Gasteiger partial charge < -0.3 is 20.3 Å². The van der Waals surface area contributed by atoms with Gasteiger partial charge in [0.05, 0.1) is 12.3 Å². The van der Waals surface area contributed by atoms with Crippen molar-refractivity contribution >= 4 is 28.9 Å². The van der Waals surface area contributed by atoms with Crippen LogP contribution in [0.2, 0.25) is 0 Å². The minimum absolute atomic E-state index is 0.0357. The predicted molar refractivity (Wildman–Crippen MR) is 105 cm³/mol. The van der Waals surface area contributed by atoms with Crippen molar-refractivity contribution in [2.45, 2.75) is 26.8 Å². The maximum Gasteiger partial charge on any atom is 0.246 e. The van der Waals surface area contributed by atoms with Gasteiger partial charge >= 0.3 is 0 Å². The number of ether oxygens (including phenoxy) is 1. The first-order valence-electron chi connectivity index (χ1n) is 8.56. The van der Waals surface area contributed by atoms with Crippen LogP contribution in [0.15, 0.2) is 48.5 Å². The van der Waals surface area contributed by atoms with Crippen LogP contribution in [0, 0.1) is 0 Å². The molecule has 0 bridgehead atoms. The van der Waals surface area contributed by atoms with Gasteiger partial charge in [0.1, 0.15) is 11.8 Å². The zero-order valence-electron chi connectivity index (χ0n) is 15.6. The van der Waals surface area contributed by atoms with Crippen molar-refractivity contribution in [1.82, 2.24) is 0 Å². The molecule has 2 aromatic rings.